The van der Waals surface area contributed by atoms with E-state index in [0.29, 0.717) is 50.1 Å². The number of ether oxygens (including phenoxy) is 3. The van der Waals surface area contributed by atoms with Crippen LogP contribution in [0.4, 0.5) is 0 Å². The fourth-order valence-corrected chi connectivity index (χ4v) is 6.20. The minimum Gasteiger partial charge on any atom is -0.487 e. The van der Waals surface area contributed by atoms with Gasteiger partial charge in [0.1, 0.15) is 18.4 Å². The van der Waals surface area contributed by atoms with Gasteiger partial charge in [-0.15, -0.1) is 11.3 Å². The number of amides is 1. The highest BCUT2D eigenvalue weighted by molar-refractivity contribution is 7.17. The second-order valence-electron chi connectivity index (χ2n) is 9.68. The van der Waals surface area contributed by atoms with Crippen molar-refractivity contribution in [3.8, 4) is 22.6 Å². The van der Waals surface area contributed by atoms with Crippen molar-refractivity contribution in [2.75, 3.05) is 26.4 Å². The van der Waals surface area contributed by atoms with Gasteiger partial charge in [0, 0.05) is 39.6 Å². The van der Waals surface area contributed by atoms with Crippen molar-refractivity contribution in [3.63, 3.8) is 0 Å². The molecule has 0 aliphatic carbocycles. The third-order valence-corrected chi connectivity index (χ3v) is 8.14. The Bertz CT molecular complexity index is 1660. The number of benzene rings is 3. The third-order valence-electron chi connectivity index (χ3n) is 7.18. The number of aromatic nitrogens is 1. The van der Waals surface area contributed by atoms with E-state index >= 15 is 0 Å². The van der Waals surface area contributed by atoms with E-state index in [1.54, 1.807) is 17.4 Å². The zero-order valence-corrected chi connectivity index (χ0v) is 21.6. The molecule has 2 aliphatic heterocycles. The molecule has 0 bridgehead atoms. The highest BCUT2D eigenvalue weighted by Gasteiger charge is 2.27. The van der Waals surface area contributed by atoms with Gasteiger partial charge in [-0.2, -0.15) is 0 Å². The van der Waals surface area contributed by atoms with Crippen LogP contribution in [0.2, 0.25) is 0 Å². The van der Waals surface area contributed by atoms with E-state index in [1.165, 1.54) is 10.1 Å². The van der Waals surface area contributed by atoms with E-state index in [0.717, 1.165) is 34.0 Å². The molecule has 3 aromatic carbocycles. The molecule has 1 unspecified atom stereocenters. The largest absolute Gasteiger partial charge is 0.487 e. The highest BCUT2D eigenvalue weighted by atomic mass is 32.1. The maximum absolute atomic E-state index is 13.6. The number of carbonyl (C=O) groups is 1. The molecule has 38 heavy (non-hydrogen) atoms. The lowest BCUT2D eigenvalue weighted by Crippen LogP contribution is -2.33. The minimum atomic E-state index is -0.106. The van der Waals surface area contributed by atoms with Crippen LogP contribution in [0.5, 0.6) is 11.5 Å². The standard InChI is InChI=1S/C31H26N2O4S/c34-31(27-10-9-20-5-1-3-7-26(20)32-27)33-12-14-36-30-22(17-33)15-21(16-28(30)37-23-11-13-35-18-23)25-19-38-29-8-4-2-6-24(25)29/h1-10,15-16,19,23H,11-14,17-18H2. The monoisotopic (exact) mass is 522 g/mol. The first-order chi connectivity index (χ1) is 18.7. The smallest absolute Gasteiger partial charge is 0.272 e. The van der Waals surface area contributed by atoms with Gasteiger partial charge in [0.05, 0.1) is 25.3 Å². The molecule has 7 rings (SSSR count). The van der Waals surface area contributed by atoms with Crippen molar-refractivity contribution in [1.29, 1.82) is 0 Å². The van der Waals surface area contributed by atoms with Crippen molar-refractivity contribution in [2.24, 2.45) is 0 Å². The van der Waals surface area contributed by atoms with Crippen molar-refractivity contribution in [1.82, 2.24) is 9.88 Å². The fourth-order valence-electron chi connectivity index (χ4n) is 5.23. The Morgan fingerprint density at radius 3 is 2.84 bits per heavy atom. The molecule has 2 aliphatic rings. The Kier molecular flexibility index (Phi) is 5.95. The van der Waals surface area contributed by atoms with Crippen LogP contribution in [0.25, 0.3) is 32.1 Å². The second-order valence-corrected chi connectivity index (χ2v) is 10.6. The van der Waals surface area contributed by atoms with Crippen molar-refractivity contribution in [3.05, 3.63) is 89.4 Å². The van der Waals surface area contributed by atoms with E-state index in [-0.39, 0.29) is 12.0 Å². The highest BCUT2D eigenvalue weighted by Crippen LogP contribution is 2.42. The first-order valence-corrected chi connectivity index (χ1v) is 13.8. The zero-order valence-electron chi connectivity index (χ0n) is 20.8. The van der Waals surface area contributed by atoms with Crippen molar-refractivity contribution in [2.45, 2.75) is 19.1 Å². The number of fused-ring (bicyclic) bond motifs is 3. The number of nitrogens with zero attached hydrogens (tertiary/aromatic N) is 2. The number of pyridine rings is 1. The van der Waals surface area contributed by atoms with Crippen LogP contribution in [-0.4, -0.2) is 48.3 Å². The number of para-hydroxylation sites is 1. The second kappa shape index (κ2) is 9.74. The topological polar surface area (TPSA) is 60.9 Å². The molecule has 0 N–H and O–H groups in total. The van der Waals surface area contributed by atoms with Crippen LogP contribution in [-0.2, 0) is 11.3 Å². The molecule has 1 fully saturated rings. The molecule has 7 heteroatoms. The zero-order chi connectivity index (χ0) is 25.5. The van der Waals surface area contributed by atoms with E-state index < -0.39 is 0 Å². The summed E-state index contributed by atoms with van der Waals surface area (Å²) in [5, 5.41) is 4.41. The Balaban J connectivity index is 1.28. The normalized spacial score (nSPS) is 17.3. The maximum Gasteiger partial charge on any atom is 0.272 e. The van der Waals surface area contributed by atoms with Gasteiger partial charge in [-0.05, 0) is 41.3 Å². The van der Waals surface area contributed by atoms with Crippen molar-refractivity contribution >= 4 is 38.2 Å². The molecule has 0 saturated carbocycles. The molecule has 190 valence electrons. The molecule has 0 spiro atoms. The van der Waals surface area contributed by atoms with Gasteiger partial charge in [-0.1, -0.05) is 42.5 Å². The van der Waals surface area contributed by atoms with Gasteiger partial charge in [0.25, 0.3) is 5.91 Å². The maximum atomic E-state index is 13.6. The Morgan fingerprint density at radius 1 is 1.03 bits per heavy atom. The minimum absolute atomic E-state index is 0.0139. The summed E-state index contributed by atoms with van der Waals surface area (Å²) in [7, 11) is 0. The number of carbonyl (C=O) groups excluding carboxylic acids is 1. The molecule has 4 heterocycles. The predicted molar refractivity (Wildman–Crippen MR) is 149 cm³/mol. The van der Waals surface area contributed by atoms with Gasteiger partial charge in [-0.3, -0.25) is 4.79 Å². The van der Waals surface area contributed by atoms with Crippen molar-refractivity contribution < 1.29 is 19.0 Å². The Labute approximate surface area is 224 Å². The first kappa shape index (κ1) is 23.2. The number of thiophene rings is 1. The molecule has 0 radical (unpaired) electrons. The molecular weight excluding hydrogens is 496 g/mol. The molecule has 1 atom stereocenters. The summed E-state index contributed by atoms with van der Waals surface area (Å²) in [6.07, 6.45) is 0.832. The van der Waals surface area contributed by atoms with Gasteiger partial charge in [-0.25, -0.2) is 4.98 Å². The van der Waals surface area contributed by atoms with Gasteiger partial charge in [0.15, 0.2) is 11.5 Å². The lowest BCUT2D eigenvalue weighted by molar-refractivity contribution is 0.0727. The van der Waals surface area contributed by atoms with E-state index in [4.69, 9.17) is 14.2 Å². The average Bonchev–Trinajstić information content (AvgIpc) is 3.57. The lowest BCUT2D eigenvalue weighted by Gasteiger charge is -2.21. The fraction of sp³-hybridized carbons (Fsp3) is 0.226. The van der Waals surface area contributed by atoms with Crippen LogP contribution in [0, 0.1) is 0 Å². The van der Waals surface area contributed by atoms with Gasteiger partial charge in [0.2, 0.25) is 0 Å². The van der Waals surface area contributed by atoms with Crippen LogP contribution in [0.15, 0.2) is 78.2 Å². The Morgan fingerprint density at radius 2 is 1.92 bits per heavy atom. The summed E-state index contributed by atoms with van der Waals surface area (Å²) in [6, 6.07) is 24.2. The van der Waals surface area contributed by atoms with Crippen LogP contribution < -0.4 is 9.47 Å². The summed E-state index contributed by atoms with van der Waals surface area (Å²) in [5.41, 5.74) is 4.38. The average molecular weight is 523 g/mol. The van der Waals surface area contributed by atoms with E-state index in [2.05, 4.69) is 46.8 Å². The van der Waals surface area contributed by atoms with Crippen LogP contribution >= 0.6 is 11.3 Å². The lowest BCUT2D eigenvalue weighted by atomic mass is 10.0. The molecular formula is C31H26N2O4S. The summed E-state index contributed by atoms with van der Waals surface area (Å²) in [4.78, 5) is 20.1. The molecule has 1 amide bonds. The van der Waals surface area contributed by atoms with Gasteiger partial charge < -0.3 is 19.1 Å². The predicted octanol–water partition coefficient (Wildman–Crippen LogP) is 6.32. The summed E-state index contributed by atoms with van der Waals surface area (Å²) >= 11 is 1.73. The SMILES string of the molecule is O=C(c1ccc2ccccc2n1)N1CCOc2c(cc(-c3csc4ccccc34)cc2OC2CCOC2)C1. The molecule has 5 aromatic rings. The molecule has 6 nitrogen and oxygen atoms in total. The third kappa shape index (κ3) is 4.27. The molecule has 1 saturated heterocycles. The summed E-state index contributed by atoms with van der Waals surface area (Å²) in [5.74, 6) is 1.31. The van der Waals surface area contributed by atoms with Crippen LogP contribution in [0.1, 0.15) is 22.5 Å². The number of hydrogen-bond acceptors (Lipinski definition) is 6. The number of rotatable bonds is 4. The Hall–Kier alpha value is -3.94. The van der Waals surface area contributed by atoms with Crippen LogP contribution in [0.3, 0.4) is 0 Å². The summed E-state index contributed by atoms with van der Waals surface area (Å²) < 4.78 is 19.5. The van der Waals surface area contributed by atoms with Gasteiger partial charge >= 0.3 is 0 Å². The number of hydrogen-bond donors (Lipinski definition) is 0. The first-order valence-electron chi connectivity index (χ1n) is 12.9. The van der Waals surface area contributed by atoms with E-state index in [9.17, 15) is 4.79 Å². The summed E-state index contributed by atoms with van der Waals surface area (Å²) in [6.45, 7) is 2.52. The quantitative estimate of drug-likeness (QED) is 0.277. The molecule has 2 aromatic heterocycles. The van der Waals surface area contributed by atoms with E-state index in [1.807, 2.05) is 35.2 Å².